The molecule has 42 heavy (non-hydrogen) atoms. The third kappa shape index (κ3) is 6.06. The van der Waals surface area contributed by atoms with Gasteiger partial charge in [0.1, 0.15) is 28.6 Å². The SMILES string of the molecule is CC(C)(C)OC(=O)N1CCN(C2CCC(n3nc(-c4ccc(Oc5ccccc5)cc4)c4c(N)nccc43)CC2)CC1. The van der Waals surface area contributed by atoms with Crippen molar-refractivity contribution in [3.8, 4) is 22.8 Å². The molecule has 0 spiro atoms. The summed E-state index contributed by atoms with van der Waals surface area (Å²) < 4.78 is 13.7. The van der Waals surface area contributed by atoms with Crippen LogP contribution in [0.4, 0.5) is 10.6 Å². The second kappa shape index (κ2) is 11.6. The number of ether oxygens (including phenoxy) is 2. The van der Waals surface area contributed by atoms with Crippen LogP contribution in [0.5, 0.6) is 11.5 Å². The Morgan fingerprint density at radius 3 is 2.17 bits per heavy atom. The molecule has 6 rings (SSSR count). The van der Waals surface area contributed by atoms with Gasteiger partial charge in [-0.25, -0.2) is 9.78 Å². The van der Waals surface area contributed by atoms with Gasteiger partial charge in [-0.1, -0.05) is 18.2 Å². The maximum absolute atomic E-state index is 12.5. The van der Waals surface area contributed by atoms with Gasteiger partial charge in [-0.2, -0.15) is 5.10 Å². The molecule has 2 aromatic carbocycles. The zero-order chi connectivity index (χ0) is 29.3. The minimum absolute atomic E-state index is 0.209. The number of fused-ring (bicyclic) bond motifs is 1. The lowest BCUT2D eigenvalue weighted by molar-refractivity contribution is 0.00727. The number of carbonyl (C=O) groups excluding carboxylic acids is 1. The Morgan fingerprint density at radius 1 is 0.857 bits per heavy atom. The van der Waals surface area contributed by atoms with Crippen LogP contribution in [0, 0.1) is 0 Å². The number of aromatic nitrogens is 3. The van der Waals surface area contributed by atoms with Crippen molar-refractivity contribution >= 4 is 22.8 Å². The van der Waals surface area contributed by atoms with Crippen molar-refractivity contribution in [1.29, 1.82) is 0 Å². The molecule has 0 atom stereocenters. The maximum Gasteiger partial charge on any atom is 0.410 e. The first-order chi connectivity index (χ1) is 20.2. The van der Waals surface area contributed by atoms with Crippen LogP contribution >= 0.6 is 0 Å². The van der Waals surface area contributed by atoms with Crippen molar-refractivity contribution < 1.29 is 14.3 Å². The summed E-state index contributed by atoms with van der Waals surface area (Å²) in [4.78, 5) is 21.3. The molecule has 1 saturated heterocycles. The van der Waals surface area contributed by atoms with Gasteiger partial charge in [0, 0.05) is 44.0 Å². The van der Waals surface area contributed by atoms with Crippen molar-refractivity contribution in [3.05, 3.63) is 66.9 Å². The monoisotopic (exact) mass is 568 g/mol. The number of amides is 1. The van der Waals surface area contributed by atoms with Crippen LogP contribution in [0.15, 0.2) is 66.9 Å². The van der Waals surface area contributed by atoms with E-state index in [1.165, 1.54) is 0 Å². The van der Waals surface area contributed by atoms with E-state index >= 15 is 0 Å². The summed E-state index contributed by atoms with van der Waals surface area (Å²) in [5, 5.41) is 6.04. The number of anilines is 1. The van der Waals surface area contributed by atoms with Crippen molar-refractivity contribution in [2.45, 2.75) is 64.1 Å². The Hall–Kier alpha value is -4.11. The van der Waals surface area contributed by atoms with E-state index in [2.05, 4.69) is 14.6 Å². The number of carbonyl (C=O) groups is 1. The molecule has 0 radical (unpaired) electrons. The minimum atomic E-state index is -0.468. The van der Waals surface area contributed by atoms with Crippen LogP contribution in [0.2, 0.25) is 0 Å². The van der Waals surface area contributed by atoms with Gasteiger partial charge in [-0.05, 0) is 88.9 Å². The average molecular weight is 569 g/mol. The van der Waals surface area contributed by atoms with Crippen molar-refractivity contribution in [2.75, 3.05) is 31.9 Å². The van der Waals surface area contributed by atoms with Gasteiger partial charge in [-0.15, -0.1) is 0 Å². The zero-order valence-electron chi connectivity index (χ0n) is 24.7. The lowest BCUT2D eigenvalue weighted by Gasteiger charge is -2.42. The highest BCUT2D eigenvalue weighted by Gasteiger charge is 2.32. The summed E-state index contributed by atoms with van der Waals surface area (Å²) in [5.74, 6) is 2.06. The van der Waals surface area contributed by atoms with Gasteiger partial charge in [0.25, 0.3) is 0 Å². The first kappa shape index (κ1) is 28.0. The number of nitrogens with two attached hydrogens (primary N) is 1. The van der Waals surface area contributed by atoms with E-state index in [1.54, 1.807) is 6.20 Å². The van der Waals surface area contributed by atoms with Crippen LogP contribution in [0.3, 0.4) is 0 Å². The Bertz CT molecular complexity index is 1510. The maximum atomic E-state index is 12.5. The van der Waals surface area contributed by atoms with Crippen LogP contribution in [-0.4, -0.2) is 68.5 Å². The lowest BCUT2D eigenvalue weighted by Crippen LogP contribution is -2.53. The van der Waals surface area contributed by atoms with Gasteiger partial charge >= 0.3 is 6.09 Å². The summed E-state index contributed by atoms with van der Waals surface area (Å²) in [7, 11) is 0. The van der Waals surface area contributed by atoms with Crippen molar-refractivity contribution in [2.24, 2.45) is 0 Å². The van der Waals surface area contributed by atoms with E-state index in [0.29, 0.717) is 31.0 Å². The van der Waals surface area contributed by atoms with Crippen LogP contribution < -0.4 is 10.5 Å². The van der Waals surface area contributed by atoms with Gasteiger partial charge < -0.3 is 20.1 Å². The fourth-order valence-electron chi connectivity index (χ4n) is 6.16. The molecule has 0 unspecified atom stereocenters. The zero-order valence-corrected chi connectivity index (χ0v) is 24.7. The fourth-order valence-corrected chi connectivity index (χ4v) is 6.16. The molecule has 0 bridgehead atoms. The topological polar surface area (TPSA) is 98.7 Å². The van der Waals surface area contributed by atoms with Crippen LogP contribution in [0.25, 0.3) is 22.2 Å². The predicted molar refractivity (Wildman–Crippen MR) is 165 cm³/mol. The van der Waals surface area contributed by atoms with E-state index in [-0.39, 0.29) is 6.09 Å². The standard InChI is InChI=1S/C33H40N6O3/c1-33(2,3)42-32(40)38-21-19-37(20-22-38)24-11-13-25(14-12-24)39-28-17-18-35-31(34)29(28)30(36-39)23-9-15-27(16-10-23)41-26-7-5-4-6-8-26/h4-10,15-18,24-25H,11-14,19-22H2,1-3H3,(H2,34,35). The molecular formula is C33H40N6O3. The van der Waals surface area contributed by atoms with Crippen molar-refractivity contribution in [3.63, 3.8) is 0 Å². The van der Waals surface area contributed by atoms with Crippen molar-refractivity contribution in [1.82, 2.24) is 24.6 Å². The molecule has 1 saturated carbocycles. The highest BCUT2D eigenvalue weighted by molar-refractivity contribution is 6.00. The minimum Gasteiger partial charge on any atom is -0.457 e. The first-order valence-corrected chi connectivity index (χ1v) is 14.9. The molecule has 2 fully saturated rings. The molecule has 3 heterocycles. The van der Waals surface area contributed by atoms with E-state index in [0.717, 1.165) is 72.4 Å². The highest BCUT2D eigenvalue weighted by atomic mass is 16.6. The summed E-state index contributed by atoms with van der Waals surface area (Å²) in [6.45, 7) is 8.92. The molecule has 1 aliphatic heterocycles. The second-order valence-electron chi connectivity index (χ2n) is 12.3. The van der Waals surface area contributed by atoms with E-state index in [9.17, 15) is 4.79 Å². The third-order valence-corrected chi connectivity index (χ3v) is 8.25. The van der Waals surface area contributed by atoms with Gasteiger partial charge in [0.15, 0.2) is 0 Å². The molecule has 1 aliphatic carbocycles. The molecule has 2 aliphatic rings. The van der Waals surface area contributed by atoms with E-state index < -0.39 is 5.60 Å². The number of hydrogen-bond donors (Lipinski definition) is 1. The Balaban J connectivity index is 1.13. The number of nitrogens with zero attached hydrogens (tertiary/aromatic N) is 5. The lowest BCUT2D eigenvalue weighted by atomic mass is 9.89. The van der Waals surface area contributed by atoms with Crippen LogP contribution in [0.1, 0.15) is 52.5 Å². The third-order valence-electron chi connectivity index (χ3n) is 8.25. The molecule has 9 heteroatoms. The molecule has 9 nitrogen and oxygen atoms in total. The predicted octanol–water partition coefficient (Wildman–Crippen LogP) is 6.51. The summed E-state index contributed by atoms with van der Waals surface area (Å²) in [6, 6.07) is 20.6. The second-order valence-corrected chi connectivity index (χ2v) is 12.3. The fraction of sp³-hybridized carbons (Fsp3) is 0.424. The smallest absolute Gasteiger partial charge is 0.410 e. The van der Waals surface area contributed by atoms with Gasteiger partial charge in [-0.3, -0.25) is 9.58 Å². The molecule has 4 aromatic rings. The quantitative estimate of drug-likeness (QED) is 0.293. The van der Waals surface area contributed by atoms with E-state index in [4.69, 9.17) is 20.3 Å². The normalized spacial score (nSPS) is 20.0. The Kier molecular flexibility index (Phi) is 7.77. The molecular weight excluding hydrogens is 528 g/mol. The number of pyridine rings is 1. The van der Waals surface area contributed by atoms with Crippen LogP contribution in [-0.2, 0) is 4.74 Å². The Morgan fingerprint density at radius 2 is 1.50 bits per heavy atom. The summed E-state index contributed by atoms with van der Waals surface area (Å²) >= 11 is 0. The number of piperazine rings is 1. The molecule has 1 amide bonds. The van der Waals surface area contributed by atoms with Gasteiger partial charge in [0.2, 0.25) is 0 Å². The number of rotatable bonds is 5. The Labute approximate surface area is 247 Å². The van der Waals surface area contributed by atoms with E-state index in [1.807, 2.05) is 86.3 Å². The largest absolute Gasteiger partial charge is 0.457 e. The molecule has 220 valence electrons. The molecule has 2 aromatic heterocycles. The summed E-state index contributed by atoms with van der Waals surface area (Å²) in [6.07, 6.45) is 5.84. The number of hydrogen-bond acceptors (Lipinski definition) is 7. The number of benzene rings is 2. The number of nitrogen functional groups attached to an aromatic ring is 1. The molecule has 2 N–H and O–H groups in total. The van der Waals surface area contributed by atoms with Gasteiger partial charge in [0.05, 0.1) is 16.9 Å². The number of para-hydroxylation sites is 1. The summed E-state index contributed by atoms with van der Waals surface area (Å²) in [5.41, 5.74) is 8.81. The highest BCUT2D eigenvalue weighted by Crippen LogP contribution is 2.38. The first-order valence-electron chi connectivity index (χ1n) is 14.9. The average Bonchev–Trinajstić information content (AvgIpc) is 3.38.